The van der Waals surface area contributed by atoms with Gasteiger partial charge in [-0.2, -0.15) is 15.0 Å². The van der Waals surface area contributed by atoms with Gasteiger partial charge in [-0.05, 0) is 45.7 Å². The lowest BCUT2D eigenvalue weighted by atomic mass is 10.2. The first-order valence-electron chi connectivity index (χ1n) is 8.36. The van der Waals surface area contributed by atoms with E-state index in [0.29, 0.717) is 11.8 Å². The van der Waals surface area contributed by atoms with Crippen LogP contribution in [0.1, 0.15) is 44.1 Å². The third-order valence-corrected chi connectivity index (χ3v) is 5.60. The first-order valence-corrected chi connectivity index (χ1v) is 10.4. The number of hydrogen-bond donors (Lipinski definition) is 2. The summed E-state index contributed by atoms with van der Waals surface area (Å²) in [5.41, 5.74) is 8.46. The van der Waals surface area contributed by atoms with Crippen LogP contribution >= 0.6 is 34.4 Å². The average molecular weight is 471 g/mol. The molecular weight excluding hydrogens is 445 g/mol. The van der Waals surface area contributed by atoms with E-state index in [2.05, 4.69) is 95.7 Å². The molecule has 0 fully saturated rings. The van der Waals surface area contributed by atoms with Crippen molar-refractivity contribution in [2.24, 2.45) is 0 Å². The predicted octanol–water partition coefficient (Wildman–Crippen LogP) is 4.72. The fourth-order valence-corrected chi connectivity index (χ4v) is 3.73. The van der Waals surface area contributed by atoms with Crippen LogP contribution in [0.4, 0.5) is 11.9 Å². The predicted molar refractivity (Wildman–Crippen MR) is 116 cm³/mol. The Hall–Kier alpha value is -1.09. The molecule has 1 aromatic heterocycles. The topological polar surface area (TPSA) is 76.7 Å². The lowest BCUT2D eigenvalue weighted by molar-refractivity contribution is 0.718. The van der Waals surface area contributed by atoms with Crippen LogP contribution in [0, 0.1) is 13.8 Å². The lowest BCUT2D eigenvalue weighted by Crippen LogP contribution is -2.25. The molecule has 2 rings (SSSR count). The molecule has 0 radical (unpaired) electrons. The Bertz CT molecular complexity index is 730. The first-order chi connectivity index (χ1) is 11.7. The van der Waals surface area contributed by atoms with Crippen molar-refractivity contribution in [1.29, 1.82) is 0 Å². The number of aryl methyl sites for hydroxylation is 2. The molecule has 136 valence electrons. The molecule has 1 atom stereocenters. The zero-order chi connectivity index (χ0) is 18.6. The molecule has 7 heteroatoms. The van der Waals surface area contributed by atoms with Gasteiger partial charge in [0.2, 0.25) is 11.9 Å². The Kier molecular flexibility index (Phi) is 6.90. The van der Waals surface area contributed by atoms with Crippen molar-refractivity contribution in [3.8, 4) is 0 Å². The molecule has 0 aliphatic heterocycles. The standard InChI is InChI=1S/C18H26IN5S/c1-6-13(10-25-14-9-11(2)7-8-12(14)3)21-17-23-15(18(4,5)19)22-16(20)24-17/h7-9,13H,6,10H2,1-5H3,(H3,20,21,22,23,24). The molecule has 1 heterocycles. The van der Waals surface area contributed by atoms with E-state index in [0.717, 1.165) is 12.2 Å². The molecule has 0 aliphatic rings. The highest BCUT2D eigenvalue weighted by Gasteiger charge is 2.22. The van der Waals surface area contributed by atoms with Crippen LogP contribution in [0.15, 0.2) is 23.1 Å². The number of nitrogens with one attached hydrogen (secondary N) is 1. The number of benzene rings is 1. The molecule has 1 unspecified atom stereocenters. The van der Waals surface area contributed by atoms with Crippen LogP contribution in [0.5, 0.6) is 0 Å². The molecule has 2 aromatic rings. The van der Waals surface area contributed by atoms with Gasteiger partial charge in [-0.3, -0.25) is 0 Å². The van der Waals surface area contributed by atoms with Gasteiger partial charge in [0.15, 0.2) is 5.82 Å². The fraction of sp³-hybridized carbons (Fsp3) is 0.500. The summed E-state index contributed by atoms with van der Waals surface area (Å²) in [7, 11) is 0. The molecule has 5 nitrogen and oxygen atoms in total. The maximum atomic E-state index is 5.86. The summed E-state index contributed by atoms with van der Waals surface area (Å²) in [6.07, 6.45) is 0.979. The zero-order valence-electron chi connectivity index (χ0n) is 15.4. The fourth-order valence-electron chi connectivity index (χ4n) is 2.22. The Balaban J connectivity index is 2.09. The van der Waals surface area contributed by atoms with Gasteiger partial charge in [0, 0.05) is 16.7 Å². The first kappa shape index (κ1) is 20.2. The number of thioether (sulfide) groups is 1. The zero-order valence-corrected chi connectivity index (χ0v) is 18.4. The third-order valence-electron chi connectivity index (χ3n) is 3.79. The highest BCUT2D eigenvalue weighted by atomic mass is 127. The number of hydrogen-bond acceptors (Lipinski definition) is 6. The van der Waals surface area contributed by atoms with Gasteiger partial charge < -0.3 is 11.1 Å². The maximum absolute atomic E-state index is 5.86. The highest BCUT2D eigenvalue weighted by molar-refractivity contribution is 14.1. The number of nitrogens with zero attached hydrogens (tertiary/aromatic N) is 3. The van der Waals surface area contributed by atoms with E-state index in [9.17, 15) is 0 Å². The van der Waals surface area contributed by atoms with E-state index in [1.807, 2.05) is 11.8 Å². The molecule has 3 N–H and O–H groups in total. The van der Waals surface area contributed by atoms with Crippen LogP contribution in [0.2, 0.25) is 0 Å². The lowest BCUT2D eigenvalue weighted by Gasteiger charge is -2.20. The van der Waals surface area contributed by atoms with E-state index < -0.39 is 0 Å². The summed E-state index contributed by atoms with van der Waals surface area (Å²) in [5, 5.41) is 3.42. The Morgan fingerprint density at radius 2 is 1.96 bits per heavy atom. The molecule has 1 aromatic carbocycles. The highest BCUT2D eigenvalue weighted by Crippen LogP contribution is 2.29. The quantitative estimate of drug-likeness (QED) is 0.346. The number of nitrogen functional groups attached to an aromatic ring is 1. The third kappa shape index (κ3) is 5.99. The molecule has 0 amide bonds. The Labute approximate surface area is 168 Å². The number of rotatable bonds is 7. The van der Waals surface area contributed by atoms with Gasteiger partial charge in [-0.25, -0.2) is 0 Å². The summed E-state index contributed by atoms with van der Waals surface area (Å²) >= 11 is 4.17. The second kappa shape index (κ2) is 8.53. The normalized spacial score (nSPS) is 12.9. The van der Waals surface area contributed by atoms with Crippen molar-refractivity contribution in [2.75, 3.05) is 16.8 Å². The molecule has 0 saturated carbocycles. The van der Waals surface area contributed by atoms with Crippen LogP contribution in [0.3, 0.4) is 0 Å². The largest absolute Gasteiger partial charge is 0.368 e. The minimum atomic E-state index is -0.194. The summed E-state index contributed by atoms with van der Waals surface area (Å²) in [4.78, 5) is 14.4. The summed E-state index contributed by atoms with van der Waals surface area (Å²) in [6, 6.07) is 6.82. The molecule has 0 bridgehead atoms. The van der Waals surface area contributed by atoms with Crippen molar-refractivity contribution in [1.82, 2.24) is 15.0 Å². The van der Waals surface area contributed by atoms with E-state index in [1.165, 1.54) is 16.0 Å². The molecule has 0 spiro atoms. The minimum absolute atomic E-state index is 0.194. The minimum Gasteiger partial charge on any atom is -0.368 e. The number of alkyl halides is 1. The molecule has 0 saturated heterocycles. The van der Waals surface area contributed by atoms with Crippen molar-refractivity contribution < 1.29 is 0 Å². The van der Waals surface area contributed by atoms with Crippen LogP contribution in [-0.4, -0.2) is 26.7 Å². The van der Waals surface area contributed by atoms with Gasteiger partial charge in [0.25, 0.3) is 0 Å². The van der Waals surface area contributed by atoms with Crippen LogP contribution < -0.4 is 11.1 Å². The number of halogens is 1. The smallest absolute Gasteiger partial charge is 0.228 e. The summed E-state index contributed by atoms with van der Waals surface area (Å²) in [6.45, 7) is 10.5. The van der Waals surface area contributed by atoms with Crippen molar-refractivity contribution in [3.05, 3.63) is 35.2 Å². The van der Waals surface area contributed by atoms with Gasteiger partial charge in [-0.1, -0.05) is 47.2 Å². The number of nitrogens with two attached hydrogens (primary N) is 1. The molecule has 0 aliphatic carbocycles. The summed E-state index contributed by atoms with van der Waals surface area (Å²) < 4.78 is -0.194. The Morgan fingerprint density at radius 1 is 1.24 bits per heavy atom. The Morgan fingerprint density at radius 3 is 2.60 bits per heavy atom. The van der Waals surface area contributed by atoms with Gasteiger partial charge in [0.05, 0.1) is 3.42 Å². The van der Waals surface area contributed by atoms with E-state index >= 15 is 0 Å². The maximum Gasteiger partial charge on any atom is 0.228 e. The summed E-state index contributed by atoms with van der Waals surface area (Å²) in [5.74, 6) is 2.45. The number of aromatic nitrogens is 3. The second-order valence-electron chi connectivity index (χ2n) is 6.64. The van der Waals surface area contributed by atoms with Crippen molar-refractivity contribution in [2.45, 2.75) is 55.4 Å². The van der Waals surface area contributed by atoms with Crippen LogP contribution in [-0.2, 0) is 3.42 Å². The van der Waals surface area contributed by atoms with Crippen molar-refractivity contribution >= 4 is 46.2 Å². The van der Waals surface area contributed by atoms with E-state index in [1.54, 1.807) is 0 Å². The average Bonchev–Trinajstić information content (AvgIpc) is 2.53. The van der Waals surface area contributed by atoms with E-state index in [-0.39, 0.29) is 15.4 Å². The molecule has 25 heavy (non-hydrogen) atoms. The van der Waals surface area contributed by atoms with Gasteiger partial charge >= 0.3 is 0 Å². The van der Waals surface area contributed by atoms with Gasteiger partial charge in [0.1, 0.15) is 0 Å². The SMILES string of the molecule is CCC(CSc1cc(C)ccc1C)Nc1nc(N)nc(C(C)(C)I)n1. The second-order valence-corrected chi connectivity index (χ2v) is 10.4. The van der Waals surface area contributed by atoms with Crippen LogP contribution in [0.25, 0.3) is 0 Å². The van der Waals surface area contributed by atoms with Crippen molar-refractivity contribution in [3.63, 3.8) is 0 Å². The van der Waals surface area contributed by atoms with Gasteiger partial charge in [-0.15, -0.1) is 11.8 Å². The number of anilines is 2. The molecular formula is C18H26IN5S. The van der Waals surface area contributed by atoms with E-state index in [4.69, 9.17) is 5.73 Å². The monoisotopic (exact) mass is 471 g/mol.